The lowest BCUT2D eigenvalue weighted by molar-refractivity contribution is -0.0453. The van der Waals surface area contributed by atoms with E-state index in [1.54, 1.807) is 23.7 Å². The van der Waals surface area contributed by atoms with Gasteiger partial charge in [-0.05, 0) is 31.9 Å². The van der Waals surface area contributed by atoms with Crippen LogP contribution in [0.3, 0.4) is 0 Å². The van der Waals surface area contributed by atoms with Crippen molar-refractivity contribution < 1.29 is 9.47 Å². The van der Waals surface area contributed by atoms with Gasteiger partial charge in [0.1, 0.15) is 11.9 Å². The molecule has 2 aromatic heterocycles. The van der Waals surface area contributed by atoms with Crippen molar-refractivity contribution >= 4 is 11.3 Å². The Kier molecular flexibility index (Phi) is 4.52. The van der Waals surface area contributed by atoms with E-state index in [0.29, 0.717) is 6.61 Å². The van der Waals surface area contributed by atoms with E-state index in [0.717, 1.165) is 44.6 Å². The predicted molar refractivity (Wildman–Crippen MR) is 93.3 cm³/mol. The van der Waals surface area contributed by atoms with Crippen molar-refractivity contribution in [2.75, 3.05) is 19.7 Å². The number of piperidine rings is 1. The van der Waals surface area contributed by atoms with Gasteiger partial charge in [0, 0.05) is 37.1 Å². The number of likely N-dealkylation sites (tertiary alicyclic amines) is 1. The lowest BCUT2D eigenvalue weighted by Gasteiger charge is -2.38. The van der Waals surface area contributed by atoms with Crippen molar-refractivity contribution in [2.24, 2.45) is 0 Å². The molecule has 128 valence electrons. The molecule has 2 aromatic rings. The molecule has 6 heteroatoms. The minimum Gasteiger partial charge on any atom is -0.486 e. The summed E-state index contributed by atoms with van der Waals surface area (Å²) in [5, 5.41) is 0. The largest absolute Gasteiger partial charge is 0.486 e. The van der Waals surface area contributed by atoms with Gasteiger partial charge >= 0.3 is 0 Å². The molecule has 0 bridgehead atoms. The van der Waals surface area contributed by atoms with E-state index in [-0.39, 0.29) is 11.7 Å². The van der Waals surface area contributed by atoms with Gasteiger partial charge in [0.05, 0.1) is 29.6 Å². The van der Waals surface area contributed by atoms with E-state index < -0.39 is 0 Å². The number of aromatic nitrogens is 2. The molecule has 2 aliphatic rings. The van der Waals surface area contributed by atoms with Gasteiger partial charge in [-0.25, -0.2) is 4.98 Å². The molecule has 5 nitrogen and oxygen atoms in total. The summed E-state index contributed by atoms with van der Waals surface area (Å²) < 4.78 is 12.2. The Morgan fingerprint density at radius 3 is 3.00 bits per heavy atom. The Hall–Kier alpha value is -1.50. The summed E-state index contributed by atoms with van der Waals surface area (Å²) in [5.74, 6) is 0.834. The third-order valence-corrected chi connectivity index (χ3v) is 6.01. The first kappa shape index (κ1) is 16.0. The van der Waals surface area contributed by atoms with Crippen LogP contribution in [0.2, 0.25) is 0 Å². The van der Waals surface area contributed by atoms with Crippen LogP contribution in [0.25, 0.3) is 0 Å². The number of ether oxygens (including phenoxy) is 2. The van der Waals surface area contributed by atoms with Crippen LogP contribution in [-0.4, -0.2) is 46.3 Å². The summed E-state index contributed by atoms with van der Waals surface area (Å²) in [7, 11) is 0. The molecule has 24 heavy (non-hydrogen) atoms. The normalized spacial score (nSPS) is 23.6. The summed E-state index contributed by atoms with van der Waals surface area (Å²) in [6, 6.07) is 3.86. The van der Waals surface area contributed by atoms with Crippen LogP contribution in [-0.2, 0) is 11.3 Å². The monoisotopic (exact) mass is 345 g/mol. The molecule has 2 aliphatic heterocycles. The summed E-state index contributed by atoms with van der Waals surface area (Å²) in [6.45, 7) is 5.96. The van der Waals surface area contributed by atoms with Crippen LogP contribution in [0.15, 0.2) is 30.0 Å². The maximum absolute atomic E-state index is 6.19. The highest BCUT2D eigenvalue weighted by molar-refractivity contribution is 7.09. The molecule has 1 spiro atoms. The molecule has 0 saturated carbocycles. The van der Waals surface area contributed by atoms with Gasteiger partial charge in [-0.2, -0.15) is 0 Å². The number of hydrogen-bond donors (Lipinski definition) is 0. The summed E-state index contributed by atoms with van der Waals surface area (Å²) in [4.78, 5) is 12.4. The highest BCUT2D eigenvalue weighted by Crippen LogP contribution is 2.37. The lowest BCUT2D eigenvalue weighted by Crippen LogP contribution is -2.44. The van der Waals surface area contributed by atoms with E-state index in [4.69, 9.17) is 9.47 Å². The average molecular weight is 345 g/mol. The quantitative estimate of drug-likeness (QED) is 0.852. The molecule has 0 unspecified atom stereocenters. The predicted octanol–water partition coefficient (Wildman–Crippen LogP) is 3.05. The third kappa shape index (κ3) is 3.45. The van der Waals surface area contributed by atoms with Gasteiger partial charge < -0.3 is 9.47 Å². The fraction of sp³-hybridized carbons (Fsp3) is 0.556. The highest BCUT2D eigenvalue weighted by atomic mass is 32.1. The van der Waals surface area contributed by atoms with Gasteiger partial charge in [-0.15, -0.1) is 11.3 Å². The first-order valence-corrected chi connectivity index (χ1v) is 9.42. The Morgan fingerprint density at radius 2 is 2.29 bits per heavy atom. The maximum atomic E-state index is 6.19. The van der Waals surface area contributed by atoms with Crippen molar-refractivity contribution in [3.05, 3.63) is 40.6 Å². The minimum atomic E-state index is 0.00607. The molecule has 1 atom stereocenters. The molecule has 0 aliphatic carbocycles. The van der Waals surface area contributed by atoms with Crippen LogP contribution in [0, 0.1) is 6.92 Å². The fourth-order valence-corrected chi connectivity index (χ4v) is 4.45. The van der Waals surface area contributed by atoms with Gasteiger partial charge in [0.15, 0.2) is 0 Å². The Bertz CT molecular complexity index is 668. The van der Waals surface area contributed by atoms with Crippen LogP contribution in [0.1, 0.15) is 29.8 Å². The van der Waals surface area contributed by atoms with Gasteiger partial charge in [-0.3, -0.25) is 9.88 Å². The second-order valence-electron chi connectivity index (χ2n) is 6.76. The van der Waals surface area contributed by atoms with Crippen molar-refractivity contribution in [1.82, 2.24) is 14.9 Å². The second-order valence-corrected chi connectivity index (χ2v) is 7.70. The molecule has 4 rings (SSSR count). The van der Waals surface area contributed by atoms with Crippen LogP contribution >= 0.6 is 11.3 Å². The Labute approximate surface area is 146 Å². The van der Waals surface area contributed by atoms with Crippen molar-refractivity contribution in [3.63, 3.8) is 0 Å². The maximum Gasteiger partial charge on any atom is 0.138 e. The zero-order valence-electron chi connectivity index (χ0n) is 14.0. The smallest absolute Gasteiger partial charge is 0.138 e. The molecular formula is C18H23N3O2S. The van der Waals surface area contributed by atoms with E-state index in [9.17, 15) is 0 Å². The Morgan fingerprint density at radius 1 is 1.42 bits per heavy atom. The van der Waals surface area contributed by atoms with Crippen LogP contribution < -0.4 is 4.74 Å². The molecule has 0 radical (unpaired) electrons. The Balaban J connectivity index is 1.30. The number of pyridine rings is 1. The highest BCUT2D eigenvalue weighted by Gasteiger charge is 2.43. The zero-order chi connectivity index (χ0) is 16.4. The molecule has 4 heterocycles. The SMILES string of the molecule is Cc1ncsc1CN1CCC2(CC1)C[C@H](Oc1cccnc1)CO2. The summed E-state index contributed by atoms with van der Waals surface area (Å²) in [5.41, 5.74) is 3.12. The molecule has 0 N–H and O–H groups in total. The lowest BCUT2D eigenvalue weighted by atomic mass is 9.88. The van der Waals surface area contributed by atoms with Crippen molar-refractivity contribution in [3.8, 4) is 5.75 Å². The van der Waals surface area contributed by atoms with E-state index in [1.165, 1.54) is 10.6 Å². The van der Waals surface area contributed by atoms with Crippen LogP contribution in [0.4, 0.5) is 0 Å². The molecule has 0 aromatic carbocycles. The first-order chi connectivity index (χ1) is 11.7. The number of hydrogen-bond acceptors (Lipinski definition) is 6. The molecular weight excluding hydrogens is 322 g/mol. The van der Waals surface area contributed by atoms with E-state index >= 15 is 0 Å². The zero-order valence-corrected chi connectivity index (χ0v) is 14.8. The summed E-state index contributed by atoms with van der Waals surface area (Å²) in [6.07, 6.45) is 6.82. The number of rotatable bonds is 4. The van der Waals surface area contributed by atoms with E-state index in [1.807, 2.05) is 17.6 Å². The molecule has 2 saturated heterocycles. The summed E-state index contributed by atoms with van der Waals surface area (Å²) >= 11 is 1.76. The average Bonchev–Trinajstić information content (AvgIpc) is 3.18. The van der Waals surface area contributed by atoms with Gasteiger partial charge in [0.25, 0.3) is 0 Å². The second kappa shape index (κ2) is 6.78. The fourth-order valence-electron chi connectivity index (χ4n) is 3.64. The van der Waals surface area contributed by atoms with Gasteiger partial charge in [0.2, 0.25) is 0 Å². The topological polar surface area (TPSA) is 47.5 Å². The first-order valence-electron chi connectivity index (χ1n) is 8.54. The molecule has 0 amide bonds. The van der Waals surface area contributed by atoms with Crippen molar-refractivity contribution in [2.45, 2.75) is 44.4 Å². The molecule has 2 fully saturated rings. The number of thiazole rings is 1. The van der Waals surface area contributed by atoms with Gasteiger partial charge in [-0.1, -0.05) is 0 Å². The number of aryl methyl sites for hydroxylation is 1. The number of nitrogens with zero attached hydrogens (tertiary/aromatic N) is 3. The minimum absolute atomic E-state index is 0.00607. The standard InChI is InChI=1S/C18H23N3O2S/c1-14-17(24-13-20-14)11-21-7-4-18(5-8-21)9-16(12-22-18)23-15-3-2-6-19-10-15/h2-3,6,10,13,16H,4-5,7-9,11-12H2,1H3/t16-/m0/s1. The van der Waals surface area contributed by atoms with Crippen molar-refractivity contribution in [1.29, 1.82) is 0 Å². The third-order valence-electron chi connectivity index (χ3n) is 5.09. The van der Waals surface area contributed by atoms with Crippen LogP contribution in [0.5, 0.6) is 5.75 Å². The van der Waals surface area contributed by atoms with E-state index in [2.05, 4.69) is 21.8 Å².